The molecule has 0 aliphatic heterocycles. The number of hydrogen-bond acceptors (Lipinski definition) is 1. The van der Waals surface area contributed by atoms with Crippen LogP contribution in [0, 0.1) is 12.7 Å². The molecule has 1 N–H and O–H groups in total. The van der Waals surface area contributed by atoms with E-state index in [4.69, 9.17) is 0 Å². The van der Waals surface area contributed by atoms with Gasteiger partial charge in [0, 0.05) is 0 Å². The molecule has 1 aliphatic rings. The van der Waals surface area contributed by atoms with Crippen molar-refractivity contribution in [3.05, 3.63) is 65.0 Å². The second-order valence-electron chi connectivity index (χ2n) is 4.87. The van der Waals surface area contributed by atoms with E-state index in [1.165, 1.54) is 17.2 Å². The van der Waals surface area contributed by atoms with E-state index in [2.05, 4.69) is 23.5 Å². The summed E-state index contributed by atoms with van der Waals surface area (Å²) in [5.74, 6) is -0.167. The number of nitrogens with one attached hydrogen (secondary N) is 1. The van der Waals surface area contributed by atoms with Crippen molar-refractivity contribution >= 4 is 5.69 Å². The number of rotatable bonds is 2. The normalized spacial score (nSPS) is 17.6. The van der Waals surface area contributed by atoms with Crippen molar-refractivity contribution in [1.82, 2.24) is 0 Å². The van der Waals surface area contributed by atoms with Crippen molar-refractivity contribution in [2.75, 3.05) is 5.32 Å². The zero-order valence-corrected chi connectivity index (χ0v) is 10.4. The maximum Gasteiger partial charge on any atom is 0.146 e. The van der Waals surface area contributed by atoms with E-state index >= 15 is 0 Å². The van der Waals surface area contributed by atoms with Gasteiger partial charge in [-0.2, -0.15) is 0 Å². The van der Waals surface area contributed by atoms with Gasteiger partial charge in [-0.3, -0.25) is 0 Å². The quantitative estimate of drug-likeness (QED) is 0.829. The summed E-state index contributed by atoms with van der Waals surface area (Å²) in [6.07, 6.45) is 2.11. The molecule has 0 bridgehead atoms. The Labute approximate surface area is 107 Å². The fourth-order valence-electron chi connectivity index (χ4n) is 2.70. The molecule has 92 valence electrons. The van der Waals surface area contributed by atoms with Crippen LogP contribution in [0.15, 0.2) is 42.5 Å². The lowest BCUT2D eigenvalue weighted by atomic mass is 10.1. The fraction of sp³-hybridized carbons (Fsp3) is 0.250. The van der Waals surface area contributed by atoms with Gasteiger partial charge >= 0.3 is 0 Å². The van der Waals surface area contributed by atoms with Gasteiger partial charge in [0.05, 0.1) is 11.7 Å². The monoisotopic (exact) mass is 241 g/mol. The van der Waals surface area contributed by atoms with Gasteiger partial charge in [-0.15, -0.1) is 0 Å². The predicted molar refractivity (Wildman–Crippen MR) is 72.3 cm³/mol. The Morgan fingerprint density at radius 2 is 1.94 bits per heavy atom. The Kier molecular flexibility index (Phi) is 2.78. The second kappa shape index (κ2) is 4.45. The lowest BCUT2D eigenvalue weighted by Gasteiger charge is -2.17. The van der Waals surface area contributed by atoms with E-state index in [1.54, 1.807) is 6.07 Å². The molecule has 2 aromatic carbocycles. The highest BCUT2D eigenvalue weighted by Crippen LogP contribution is 2.35. The van der Waals surface area contributed by atoms with Crippen LogP contribution in [0.4, 0.5) is 10.1 Å². The summed E-state index contributed by atoms with van der Waals surface area (Å²) in [4.78, 5) is 0. The minimum Gasteiger partial charge on any atom is -0.376 e. The van der Waals surface area contributed by atoms with Crippen LogP contribution in [0.25, 0.3) is 0 Å². The van der Waals surface area contributed by atoms with E-state index in [9.17, 15) is 4.39 Å². The van der Waals surface area contributed by atoms with Crippen molar-refractivity contribution in [1.29, 1.82) is 0 Å². The molecule has 0 spiro atoms. The minimum atomic E-state index is -0.167. The molecule has 0 fully saturated rings. The van der Waals surface area contributed by atoms with Crippen LogP contribution >= 0.6 is 0 Å². The molecular weight excluding hydrogens is 225 g/mol. The number of fused-ring (bicyclic) bond motifs is 1. The van der Waals surface area contributed by atoms with Gasteiger partial charge in [0.1, 0.15) is 5.82 Å². The second-order valence-corrected chi connectivity index (χ2v) is 4.87. The number of aryl methyl sites for hydroxylation is 2. The van der Waals surface area contributed by atoms with E-state index in [-0.39, 0.29) is 11.9 Å². The van der Waals surface area contributed by atoms with Crippen molar-refractivity contribution in [3.63, 3.8) is 0 Å². The first-order chi connectivity index (χ1) is 8.75. The Morgan fingerprint density at radius 3 is 2.78 bits per heavy atom. The molecule has 0 amide bonds. The van der Waals surface area contributed by atoms with E-state index in [0.29, 0.717) is 5.69 Å². The molecule has 2 aromatic rings. The topological polar surface area (TPSA) is 12.0 Å². The van der Waals surface area contributed by atoms with Crippen molar-refractivity contribution in [3.8, 4) is 0 Å². The van der Waals surface area contributed by atoms with Crippen LogP contribution in [0.2, 0.25) is 0 Å². The number of benzene rings is 2. The maximum absolute atomic E-state index is 13.8. The van der Waals surface area contributed by atoms with Gasteiger partial charge in [0.15, 0.2) is 0 Å². The Balaban J connectivity index is 1.91. The molecule has 0 saturated heterocycles. The summed E-state index contributed by atoms with van der Waals surface area (Å²) in [5, 5.41) is 3.36. The molecule has 0 aromatic heterocycles. The smallest absolute Gasteiger partial charge is 0.146 e. The summed E-state index contributed by atoms with van der Waals surface area (Å²) >= 11 is 0. The van der Waals surface area contributed by atoms with E-state index < -0.39 is 0 Å². The average molecular weight is 241 g/mol. The third-order valence-corrected chi connectivity index (χ3v) is 3.67. The highest BCUT2D eigenvalue weighted by molar-refractivity contribution is 5.54. The third kappa shape index (κ3) is 1.88. The van der Waals surface area contributed by atoms with Crippen LogP contribution in [0.5, 0.6) is 0 Å². The first-order valence-corrected chi connectivity index (χ1v) is 6.35. The van der Waals surface area contributed by atoms with Gasteiger partial charge in [-0.25, -0.2) is 4.39 Å². The average Bonchev–Trinajstić information content (AvgIpc) is 2.77. The number of halogens is 1. The van der Waals surface area contributed by atoms with Gasteiger partial charge in [-0.1, -0.05) is 36.4 Å². The number of anilines is 1. The molecule has 18 heavy (non-hydrogen) atoms. The first-order valence-electron chi connectivity index (χ1n) is 6.35. The lowest BCUT2D eigenvalue weighted by Crippen LogP contribution is -2.09. The van der Waals surface area contributed by atoms with Crippen molar-refractivity contribution in [2.24, 2.45) is 0 Å². The Bertz CT molecular complexity index is 557. The molecule has 0 heterocycles. The highest BCUT2D eigenvalue weighted by Gasteiger charge is 2.22. The van der Waals surface area contributed by atoms with Crippen LogP contribution < -0.4 is 5.32 Å². The minimum absolute atomic E-state index is 0.167. The molecule has 1 aliphatic carbocycles. The predicted octanol–water partition coefficient (Wildman–Crippen LogP) is 4.23. The van der Waals surface area contributed by atoms with Crippen LogP contribution in [0.3, 0.4) is 0 Å². The fourth-order valence-corrected chi connectivity index (χ4v) is 2.70. The maximum atomic E-state index is 13.8. The van der Waals surface area contributed by atoms with Gasteiger partial charge < -0.3 is 5.32 Å². The molecule has 1 nitrogen and oxygen atoms in total. The Morgan fingerprint density at radius 1 is 1.11 bits per heavy atom. The lowest BCUT2D eigenvalue weighted by molar-refractivity contribution is 0.623. The molecule has 1 atom stereocenters. The standard InChI is InChI=1S/C16H16FN/c1-11-5-4-8-14(17)16(11)18-15-10-9-12-6-2-3-7-13(12)15/h2-8,15,18H,9-10H2,1H3. The van der Waals surface area contributed by atoms with Gasteiger partial charge in [0.25, 0.3) is 0 Å². The molecule has 2 heteroatoms. The molecular formula is C16H16FN. The molecule has 0 saturated carbocycles. The summed E-state index contributed by atoms with van der Waals surface area (Å²) in [5.41, 5.74) is 4.28. The first kappa shape index (κ1) is 11.3. The van der Waals surface area contributed by atoms with Crippen molar-refractivity contribution in [2.45, 2.75) is 25.8 Å². The largest absolute Gasteiger partial charge is 0.376 e. The summed E-state index contributed by atoms with van der Waals surface area (Å²) in [7, 11) is 0. The van der Waals surface area contributed by atoms with Gasteiger partial charge in [-0.05, 0) is 42.5 Å². The summed E-state index contributed by atoms with van der Waals surface area (Å²) in [6.45, 7) is 1.94. The van der Waals surface area contributed by atoms with Crippen LogP contribution in [-0.2, 0) is 6.42 Å². The summed E-state index contributed by atoms with van der Waals surface area (Å²) < 4.78 is 13.8. The molecule has 1 unspecified atom stereocenters. The van der Waals surface area contributed by atoms with Crippen LogP contribution in [0.1, 0.15) is 29.2 Å². The van der Waals surface area contributed by atoms with Crippen molar-refractivity contribution < 1.29 is 4.39 Å². The highest BCUT2D eigenvalue weighted by atomic mass is 19.1. The van der Waals surface area contributed by atoms with Gasteiger partial charge in [0.2, 0.25) is 0 Å². The third-order valence-electron chi connectivity index (χ3n) is 3.67. The Hall–Kier alpha value is -1.83. The number of hydrogen-bond donors (Lipinski definition) is 1. The summed E-state index contributed by atoms with van der Waals surface area (Å²) in [6, 6.07) is 13.8. The van der Waals surface area contributed by atoms with E-state index in [0.717, 1.165) is 18.4 Å². The zero-order chi connectivity index (χ0) is 12.5. The van der Waals surface area contributed by atoms with Crippen LogP contribution in [-0.4, -0.2) is 0 Å². The molecule has 3 rings (SSSR count). The molecule has 0 radical (unpaired) electrons. The number of para-hydroxylation sites is 1. The zero-order valence-electron chi connectivity index (χ0n) is 10.4. The van der Waals surface area contributed by atoms with E-state index in [1.807, 2.05) is 19.1 Å². The SMILES string of the molecule is Cc1cccc(F)c1NC1CCc2ccccc21.